The highest BCUT2D eigenvalue weighted by atomic mass is 16.8. The number of esters is 1. The van der Waals surface area contributed by atoms with Gasteiger partial charge in [-0.05, 0) is 61.9 Å². The second-order valence-corrected chi connectivity index (χ2v) is 15.2. The molecule has 0 saturated carbocycles. The van der Waals surface area contributed by atoms with Crippen LogP contribution in [0.4, 0.5) is 0 Å². The van der Waals surface area contributed by atoms with Crippen molar-refractivity contribution in [2.45, 2.75) is 106 Å². The molecule has 15 atom stereocenters. The van der Waals surface area contributed by atoms with Crippen LogP contribution in [0, 0.1) is 0 Å². The SMILES string of the molecule is CC1O[C@@H](Oc2cc(O)c3c(=O)c(O[C@@H]4OC(COC(=O)/C=C/c5ccc(O)cc5)[C@@H](O)C(O)[C@@H]4O[C@@H]4OC(C)[C@H](O)C(O)[C@@H]4O)c(-c4ccc(O)cc4)oc3c2)[C@@H](O)C(O)[C@H]1O. The lowest BCUT2D eigenvalue weighted by Gasteiger charge is -2.45. The van der Waals surface area contributed by atoms with Gasteiger partial charge < -0.3 is 93.7 Å². The summed E-state index contributed by atoms with van der Waals surface area (Å²) in [6.45, 7) is 2.07. The fourth-order valence-corrected chi connectivity index (χ4v) is 7.12. The van der Waals surface area contributed by atoms with Crippen LogP contribution in [0.15, 0.2) is 76.0 Å². The van der Waals surface area contributed by atoms with Gasteiger partial charge in [0.2, 0.25) is 23.8 Å². The second-order valence-electron chi connectivity index (χ2n) is 15.2. The van der Waals surface area contributed by atoms with Gasteiger partial charge in [-0.25, -0.2) is 4.79 Å². The number of hydrogen-bond acceptors (Lipinski definition) is 21. The van der Waals surface area contributed by atoms with Crippen molar-refractivity contribution >= 4 is 23.0 Å². The van der Waals surface area contributed by atoms with Gasteiger partial charge in [-0.15, -0.1) is 0 Å². The summed E-state index contributed by atoms with van der Waals surface area (Å²) < 4.78 is 46.2. The Labute approximate surface area is 356 Å². The molecule has 3 aromatic carbocycles. The normalized spacial score (nSPS) is 33.6. The van der Waals surface area contributed by atoms with Crippen molar-refractivity contribution in [2.24, 2.45) is 0 Å². The van der Waals surface area contributed by atoms with E-state index in [-0.39, 0.29) is 34.2 Å². The number of carbonyl (C=O) groups is 1. The minimum absolute atomic E-state index is 0.00230. The maximum atomic E-state index is 14.5. The summed E-state index contributed by atoms with van der Waals surface area (Å²) in [5.74, 6) is -3.17. The van der Waals surface area contributed by atoms with Crippen LogP contribution in [0.2, 0.25) is 0 Å². The van der Waals surface area contributed by atoms with Crippen molar-refractivity contribution in [2.75, 3.05) is 6.61 Å². The molecule has 3 saturated heterocycles. The average molecular weight is 887 g/mol. The van der Waals surface area contributed by atoms with Crippen LogP contribution < -0.4 is 14.9 Å². The number of phenolic OH excluding ortho intramolecular Hbond substituents is 3. The Morgan fingerprint density at radius 3 is 1.89 bits per heavy atom. The third-order valence-corrected chi connectivity index (χ3v) is 10.8. The third-order valence-electron chi connectivity index (χ3n) is 10.8. The molecule has 3 aliphatic heterocycles. The smallest absolute Gasteiger partial charge is 0.330 e. The van der Waals surface area contributed by atoms with Crippen molar-refractivity contribution in [3.63, 3.8) is 0 Å². The van der Waals surface area contributed by atoms with Gasteiger partial charge in [0.05, 0.1) is 12.2 Å². The molecular formula is C42H46O21. The molecule has 0 radical (unpaired) electrons. The summed E-state index contributed by atoms with van der Waals surface area (Å²) in [5, 5.41) is 116. The predicted octanol–water partition coefficient (Wildman–Crippen LogP) is -0.922. The van der Waals surface area contributed by atoms with E-state index in [1.54, 1.807) is 0 Å². The van der Waals surface area contributed by atoms with Crippen LogP contribution in [0.3, 0.4) is 0 Å². The average Bonchev–Trinajstić information content (AvgIpc) is 3.25. The van der Waals surface area contributed by atoms with E-state index in [2.05, 4.69) is 0 Å². The van der Waals surface area contributed by atoms with Gasteiger partial charge in [-0.2, -0.15) is 0 Å². The van der Waals surface area contributed by atoms with Gasteiger partial charge >= 0.3 is 5.97 Å². The van der Waals surface area contributed by atoms with Crippen molar-refractivity contribution in [1.29, 1.82) is 0 Å². The first-order valence-electron chi connectivity index (χ1n) is 19.6. The molecule has 6 unspecified atom stereocenters. The Morgan fingerprint density at radius 1 is 0.667 bits per heavy atom. The molecule has 340 valence electrons. The number of hydrogen-bond donors (Lipinski definition) is 11. The Morgan fingerprint density at radius 2 is 1.25 bits per heavy atom. The second kappa shape index (κ2) is 18.8. The van der Waals surface area contributed by atoms with E-state index in [1.807, 2.05) is 0 Å². The lowest BCUT2D eigenvalue weighted by Crippen LogP contribution is -2.64. The van der Waals surface area contributed by atoms with Crippen LogP contribution >= 0.6 is 0 Å². The van der Waals surface area contributed by atoms with E-state index in [0.29, 0.717) is 5.56 Å². The number of fused-ring (bicyclic) bond motifs is 1. The molecule has 3 aliphatic rings. The number of phenols is 3. The highest BCUT2D eigenvalue weighted by Crippen LogP contribution is 2.39. The highest BCUT2D eigenvalue weighted by molar-refractivity contribution is 5.88. The quantitative estimate of drug-likeness (QED) is 0.0641. The van der Waals surface area contributed by atoms with Crippen molar-refractivity contribution < 1.29 is 98.5 Å². The molecule has 3 fully saturated rings. The van der Waals surface area contributed by atoms with E-state index >= 15 is 0 Å². The van der Waals surface area contributed by atoms with Gasteiger partial charge in [0, 0.05) is 23.8 Å². The van der Waals surface area contributed by atoms with Gasteiger partial charge in [-0.1, -0.05) is 12.1 Å². The van der Waals surface area contributed by atoms with Gasteiger partial charge in [0.15, 0.2) is 18.2 Å². The summed E-state index contributed by atoms with van der Waals surface area (Å²) in [7, 11) is 0. The van der Waals surface area contributed by atoms with Crippen LogP contribution in [0.1, 0.15) is 19.4 Å². The Kier molecular flexibility index (Phi) is 13.6. The minimum Gasteiger partial charge on any atom is -0.508 e. The van der Waals surface area contributed by atoms with Gasteiger partial charge in [0.1, 0.15) is 95.5 Å². The first-order chi connectivity index (χ1) is 29.9. The maximum absolute atomic E-state index is 14.5. The molecule has 0 spiro atoms. The molecule has 21 heteroatoms. The summed E-state index contributed by atoms with van der Waals surface area (Å²) in [4.78, 5) is 27.2. The molecule has 1 aromatic heterocycles. The topological polar surface area (TPSA) is 334 Å². The summed E-state index contributed by atoms with van der Waals surface area (Å²) in [5.41, 5.74) is -0.790. The van der Waals surface area contributed by atoms with Gasteiger partial charge in [0.25, 0.3) is 0 Å². The minimum atomic E-state index is -2.03. The standard InChI is InChI=1S/C42H46O21/c1-16-28(47)32(51)35(54)40(57-16)59-22-13-23(45)27-24(14-22)60-37(19-6-10-21(44)11-7-19)38(31(27)50)62-42-39(63-41-36(55)33(52)29(48)17(2)58-41)34(53)30(49)25(61-42)15-56-26(46)12-5-18-3-8-20(43)9-4-18/h3-14,16-17,25,28-30,32-36,39-45,47-49,51-55H,15H2,1-2H3/b12-5+/t16?,17?,25?,28-,29-,30+,32?,33?,34?,35-,36-,39-,40-,41-,42-/m0/s1. The number of carbonyl (C=O) groups excluding carboxylic acids is 1. The molecule has 0 aliphatic carbocycles. The van der Waals surface area contributed by atoms with E-state index in [4.69, 9.17) is 37.6 Å². The first-order valence-corrected chi connectivity index (χ1v) is 19.6. The number of benzene rings is 3. The molecule has 0 bridgehead atoms. The molecule has 21 nitrogen and oxygen atoms in total. The number of aromatic hydroxyl groups is 3. The van der Waals surface area contributed by atoms with Crippen molar-refractivity contribution in [3.05, 3.63) is 82.5 Å². The van der Waals surface area contributed by atoms with Crippen LogP contribution in [0.25, 0.3) is 28.4 Å². The monoisotopic (exact) mass is 886 g/mol. The van der Waals surface area contributed by atoms with Crippen LogP contribution in [-0.4, -0.2) is 161 Å². The van der Waals surface area contributed by atoms with E-state index < -0.39 is 127 Å². The molecule has 7 rings (SSSR count). The van der Waals surface area contributed by atoms with Crippen molar-refractivity contribution in [3.8, 4) is 40.1 Å². The number of rotatable bonds is 11. The number of ether oxygens (including phenoxy) is 7. The zero-order valence-electron chi connectivity index (χ0n) is 33.3. The molecule has 4 aromatic rings. The maximum Gasteiger partial charge on any atom is 0.330 e. The van der Waals surface area contributed by atoms with Crippen molar-refractivity contribution in [1.82, 2.24) is 0 Å². The fraction of sp³-hybridized carbons (Fsp3) is 0.429. The first kappa shape index (κ1) is 45.6. The largest absolute Gasteiger partial charge is 0.508 e. The summed E-state index contributed by atoms with van der Waals surface area (Å²) in [6, 6.07) is 13.1. The van der Waals surface area contributed by atoms with Crippen LogP contribution in [0.5, 0.6) is 28.7 Å². The lowest BCUT2D eigenvalue weighted by atomic mass is 9.97. The molecule has 63 heavy (non-hydrogen) atoms. The van der Waals surface area contributed by atoms with E-state index in [1.165, 1.54) is 68.5 Å². The fourth-order valence-electron chi connectivity index (χ4n) is 7.12. The molecule has 11 N–H and O–H groups in total. The Balaban J connectivity index is 1.25. The number of aliphatic hydroxyl groups excluding tert-OH is 8. The van der Waals surface area contributed by atoms with E-state index in [9.17, 15) is 65.8 Å². The van der Waals surface area contributed by atoms with Gasteiger partial charge in [-0.3, -0.25) is 4.79 Å². The number of aliphatic hydroxyl groups is 8. The lowest BCUT2D eigenvalue weighted by molar-refractivity contribution is -0.354. The van der Waals surface area contributed by atoms with Crippen LogP contribution in [-0.2, 0) is 28.5 Å². The van der Waals surface area contributed by atoms with E-state index in [0.717, 1.165) is 18.2 Å². The Hall–Kier alpha value is -5.40. The molecule has 0 amide bonds. The highest BCUT2D eigenvalue weighted by Gasteiger charge is 2.52. The third kappa shape index (κ3) is 9.60. The summed E-state index contributed by atoms with van der Waals surface area (Å²) in [6.07, 6.45) is -22.6. The Bertz CT molecular complexity index is 2320. The molecule has 4 heterocycles. The summed E-state index contributed by atoms with van der Waals surface area (Å²) >= 11 is 0. The zero-order chi connectivity index (χ0) is 45.4. The predicted molar refractivity (Wildman–Crippen MR) is 211 cm³/mol. The molecular weight excluding hydrogens is 840 g/mol. The zero-order valence-corrected chi connectivity index (χ0v) is 33.3.